The molecular formula is C10H8BrFN4O2. The first-order chi connectivity index (χ1) is 8.54. The molecule has 1 aromatic heterocycles. The molecule has 2 rings (SSSR count). The summed E-state index contributed by atoms with van der Waals surface area (Å²) in [4.78, 5) is 11.2. The number of aromatic nitrogens is 3. The van der Waals surface area contributed by atoms with E-state index < -0.39 is 11.7 Å². The molecule has 18 heavy (non-hydrogen) atoms. The summed E-state index contributed by atoms with van der Waals surface area (Å²) in [6, 6.07) is 2.62. The minimum Gasteiger partial charge on any atom is -0.496 e. The minimum absolute atomic E-state index is 0.0741. The van der Waals surface area contributed by atoms with Crippen molar-refractivity contribution in [1.29, 1.82) is 0 Å². The normalized spacial score (nSPS) is 10.4. The highest BCUT2D eigenvalue weighted by atomic mass is 79.9. The smallest absolute Gasteiger partial charge is 0.271 e. The van der Waals surface area contributed by atoms with Gasteiger partial charge in [-0.25, -0.2) is 4.39 Å². The first kappa shape index (κ1) is 12.5. The monoisotopic (exact) mass is 314 g/mol. The van der Waals surface area contributed by atoms with E-state index in [0.717, 1.165) is 0 Å². The van der Waals surface area contributed by atoms with Gasteiger partial charge in [0.05, 0.1) is 11.6 Å². The Morgan fingerprint density at radius 1 is 1.50 bits per heavy atom. The second-order valence-electron chi connectivity index (χ2n) is 3.35. The van der Waals surface area contributed by atoms with Crippen molar-refractivity contribution in [3.05, 3.63) is 28.1 Å². The number of carbonyl (C=O) groups is 1. The average molecular weight is 315 g/mol. The number of primary amides is 1. The molecular weight excluding hydrogens is 307 g/mol. The van der Waals surface area contributed by atoms with Gasteiger partial charge in [-0.1, -0.05) is 0 Å². The number of aromatic amines is 1. The van der Waals surface area contributed by atoms with Crippen molar-refractivity contribution in [1.82, 2.24) is 15.4 Å². The molecule has 0 saturated carbocycles. The first-order valence-corrected chi connectivity index (χ1v) is 5.58. The number of nitrogens with zero attached hydrogens (tertiary/aromatic N) is 2. The van der Waals surface area contributed by atoms with Gasteiger partial charge in [-0.2, -0.15) is 15.4 Å². The van der Waals surface area contributed by atoms with Gasteiger partial charge < -0.3 is 10.5 Å². The molecule has 0 aliphatic heterocycles. The van der Waals surface area contributed by atoms with Crippen LogP contribution in [-0.4, -0.2) is 28.4 Å². The Balaban J connectivity index is 2.66. The summed E-state index contributed by atoms with van der Waals surface area (Å²) in [5.74, 6) is -0.923. The zero-order chi connectivity index (χ0) is 13.3. The Kier molecular flexibility index (Phi) is 3.28. The molecule has 0 saturated heterocycles. The lowest BCUT2D eigenvalue weighted by atomic mass is 10.1. The SMILES string of the molecule is COc1cc(Br)c(F)cc1-c1n[nH]nc1C(N)=O. The summed E-state index contributed by atoms with van der Waals surface area (Å²) in [7, 11) is 1.42. The van der Waals surface area contributed by atoms with Crippen LogP contribution in [0.25, 0.3) is 11.3 Å². The number of nitrogens with one attached hydrogen (secondary N) is 1. The molecule has 1 heterocycles. The van der Waals surface area contributed by atoms with Gasteiger partial charge in [0, 0.05) is 5.56 Å². The van der Waals surface area contributed by atoms with E-state index in [0.29, 0.717) is 11.3 Å². The van der Waals surface area contributed by atoms with Crippen molar-refractivity contribution in [2.45, 2.75) is 0 Å². The zero-order valence-electron chi connectivity index (χ0n) is 9.20. The van der Waals surface area contributed by atoms with Gasteiger partial charge >= 0.3 is 0 Å². The molecule has 2 aromatic rings. The Labute approximate surface area is 109 Å². The fraction of sp³-hybridized carbons (Fsp3) is 0.100. The third kappa shape index (κ3) is 2.06. The van der Waals surface area contributed by atoms with Crippen LogP contribution in [0.1, 0.15) is 10.5 Å². The highest BCUT2D eigenvalue weighted by Crippen LogP contribution is 2.34. The number of H-pyrrole nitrogens is 1. The molecule has 0 aliphatic rings. The fourth-order valence-electron chi connectivity index (χ4n) is 1.47. The third-order valence-electron chi connectivity index (χ3n) is 2.28. The lowest BCUT2D eigenvalue weighted by Crippen LogP contribution is -2.13. The Bertz CT molecular complexity index is 614. The second kappa shape index (κ2) is 4.73. The highest BCUT2D eigenvalue weighted by molar-refractivity contribution is 9.10. The first-order valence-electron chi connectivity index (χ1n) is 4.78. The van der Waals surface area contributed by atoms with E-state index in [1.54, 1.807) is 0 Å². The van der Waals surface area contributed by atoms with Gasteiger partial charge in [-0.05, 0) is 28.1 Å². The molecule has 8 heteroatoms. The van der Waals surface area contributed by atoms with Crippen LogP contribution >= 0.6 is 15.9 Å². The van der Waals surface area contributed by atoms with Crippen LogP contribution in [0.15, 0.2) is 16.6 Å². The standard InChI is InChI=1S/C10H8BrFN4O2/c1-18-7-3-5(11)6(12)2-4(7)8-9(10(13)17)15-16-14-8/h2-3H,1H3,(H2,13,17)(H,14,15,16). The number of hydrogen-bond donors (Lipinski definition) is 2. The summed E-state index contributed by atoms with van der Waals surface area (Å²) < 4.78 is 18.9. The molecule has 0 radical (unpaired) electrons. The predicted molar refractivity (Wildman–Crippen MR) is 64.5 cm³/mol. The summed E-state index contributed by atoms with van der Waals surface area (Å²) in [5, 5.41) is 9.68. The van der Waals surface area contributed by atoms with E-state index in [2.05, 4.69) is 31.3 Å². The molecule has 1 aromatic carbocycles. The fourth-order valence-corrected chi connectivity index (χ4v) is 1.80. The van der Waals surface area contributed by atoms with Crippen LogP contribution in [0.4, 0.5) is 4.39 Å². The molecule has 0 bridgehead atoms. The second-order valence-corrected chi connectivity index (χ2v) is 4.21. The van der Waals surface area contributed by atoms with Crippen LogP contribution in [0.5, 0.6) is 5.75 Å². The van der Waals surface area contributed by atoms with Crippen molar-refractivity contribution < 1.29 is 13.9 Å². The molecule has 0 spiro atoms. The lowest BCUT2D eigenvalue weighted by molar-refractivity contribution is 0.0996. The summed E-state index contributed by atoms with van der Waals surface area (Å²) in [6.07, 6.45) is 0. The number of methoxy groups -OCH3 is 1. The van der Waals surface area contributed by atoms with Crippen molar-refractivity contribution >= 4 is 21.8 Å². The molecule has 0 atom stereocenters. The Morgan fingerprint density at radius 3 is 2.83 bits per heavy atom. The van der Waals surface area contributed by atoms with E-state index in [4.69, 9.17) is 10.5 Å². The highest BCUT2D eigenvalue weighted by Gasteiger charge is 2.20. The van der Waals surface area contributed by atoms with Crippen LogP contribution < -0.4 is 10.5 Å². The number of benzene rings is 1. The van der Waals surface area contributed by atoms with Gasteiger partial charge in [0.15, 0.2) is 5.69 Å². The zero-order valence-corrected chi connectivity index (χ0v) is 10.8. The quantitative estimate of drug-likeness (QED) is 0.897. The number of nitrogens with two attached hydrogens (primary N) is 1. The largest absolute Gasteiger partial charge is 0.496 e. The van der Waals surface area contributed by atoms with Crippen molar-refractivity contribution in [2.75, 3.05) is 7.11 Å². The van der Waals surface area contributed by atoms with Gasteiger partial charge in [0.2, 0.25) is 0 Å². The number of halogens is 2. The van der Waals surface area contributed by atoms with Crippen molar-refractivity contribution in [3.8, 4) is 17.0 Å². The van der Waals surface area contributed by atoms with Crippen LogP contribution in [0.3, 0.4) is 0 Å². The van der Waals surface area contributed by atoms with Crippen molar-refractivity contribution in [2.24, 2.45) is 5.73 Å². The summed E-state index contributed by atoms with van der Waals surface area (Å²) in [5.41, 5.74) is 5.51. The van der Waals surface area contributed by atoms with Gasteiger partial charge in [0.1, 0.15) is 17.3 Å². The van der Waals surface area contributed by atoms with Crippen molar-refractivity contribution in [3.63, 3.8) is 0 Å². The lowest BCUT2D eigenvalue weighted by Gasteiger charge is -2.08. The molecule has 3 N–H and O–H groups in total. The molecule has 1 amide bonds. The van der Waals surface area contributed by atoms with Gasteiger partial charge in [-0.15, -0.1) is 0 Å². The summed E-state index contributed by atoms with van der Waals surface area (Å²) in [6.45, 7) is 0. The predicted octanol–water partition coefficient (Wildman–Crippen LogP) is 1.48. The molecule has 6 nitrogen and oxygen atoms in total. The average Bonchev–Trinajstić information content (AvgIpc) is 2.81. The van der Waals surface area contributed by atoms with Gasteiger partial charge in [0.25, 0.3) is 5.91 Å². The van der Waals surface area contributed by atoms with Gasteiger partial charge in [-0.3, -0.25) is 4.79 Å². The maximum absolute atomic E-state index is 13.5. The van der Waals surface area contributed by atoms with E-state index in [-0.39, 0.29) is 15.9 Å². The minimum atomic E-state index is -0.760. The van der Waals surface area contributed by atoms with E-state index in [9.17, 15) is 9.18 Å². The van der Waals surface area contributed by atoms with Crippen LogP contribution in [-0.2, 0) is 0 Å². The van der Waals surface area contributed by atoms with Crippen LogP contribution in [0.2, 0.25) is 0 Å². The number of amides is 1. The number of carbonyl (C=O) groups excluding carboxylic acids is 1. The molecule has 0 fully saturated rings. The topological polar surface area (TPSA) is 93.9 Å². The third-order valence-corrected chi connectivity index (χ3v) is 2.89. The molecule has 0 unspecified atom stereocenters. The molecule has 0 aliphatic carbocycles. The Hall–Kier alpha value is -1.96. The van der Waals surface area contributed by atoms with Crippen LogP contribution in [0, 0.1) is 5.82 Å². The Morgan fingerprint density at radius 2 is 2.22 bits per heavy atom. The number of ether oxygens (including phenoxy) is 1. The number of rotatable bonds is 3. The maximum Gasteiger partial charge on any atom is 0.271 e. The van der Waals surface area contributed by atoms with E-state index >= 15 is 0 Å². The molecule has 94 valence electrons. The number of hydrogen-bond acceptors (Lipinski definition) is 4. The van der Waals surface area contributed by atoms with E-state index in [1.807, 2.05) is 0 Å². The van der Waals surface area contributed by atoms with E-state index in [1.165, 1.54) is 19.2 Å². The maximum atomic E-state index is 13.5. The summed E-state index contributed by atoms with van der Waals surface area (Å²) >= 11 is 3.04.